The van der Waals surface area contributed by atoms with Crippen LogP contribution in [0.2, 0.25) is 0 Å². The summed E-state index contributed by atoms with van der Waals surface area (Å²) in [5.41, 5.74) is 7.71. The van der Waals surface area contributed by atoms with Crippen LogP contribution in [0.3, 0.4) is 0 Å². The number of hydrogen-bond donors (Lipinski definition) is 0. The summed E-state index contributed by atoms with van der Waals surface area (Å²) >= 11 is 0. The molecule has 4 nitrogen and oxygen atoms in total. The summed E-state index contributed by atoms with van der Waals surface area (Å²) in [6.07, 6.45) is 0.645. The number of benzene rings is 4. The summed E-state index contributed by atoms with van der Waals surface area (Å²) in [5.74, 6) is -0.129. The van der Waals surface area contributed by atoms with Crippen LogP contribution in [0.5, 0.6) is 0 Å². The molecule has 2 atom stereocenters. The second kappa shape index (κ2) is 12.2. The topological polar surface area (TPSA) is 40.6 Å². The van der Waals surface area contributed by atoms with E-state index >= 15 is 0 Å². The fourth-order valence-corrected chi connectivity index (χ4v) is 5.40. The Labute approximate surface area is 232 Å². The maximum Gasteiger partial charge on any atom is 0.160 e. The number of rotatable bonds is 10. The number of Topliss-reactive ketones (excluding diaryl/α,β-unsaturated/α-hetero) is 2. The third-order valence-corrected chi connectivity index (χ3v) is 7.29. The van der Waals surface area contributed by atoms with Gasteiger partial charge >= 0.3 is 0 Å². The zero-order valence-electron chi connectivity index (χ0n) is 23.7. The van der Waals surface area contributed by atoms with Crippen molar-refractivity contribution in [3.05, 3.63) is 136 Å². The highest BCUT2D eigenvalue weighted by Crippen LogP contribution is 2.42. The Kier molecular flexibility index (Phi) is 8.78. The highest BCUT2D eigenvalue weighted by molar-refractivity contribution is 5.97. The smallest absolute Gasteiger partial charge is 0.160 e. The van der Waals surface area contributed by atoms with E-state index in [9.17, 15) is 9.59 Å². The van der Waals surface area contributed by atoms with E-state index in [0.717, 1.165) is 39.1 Å². The predicted molar refractivity (Wildman–Crippen MR) is 160 cm³/mol. The van der Waals surface area contributed by atoms with E-state index < -0.39 is 0 Å². The molecule has 0 spiro atoms. The standard InChI is InChI=1S/C35H37N2O2/c1-24(38)27-18-20-28(21-19-27)34(35(37(5)6)29-13-8-7-9-14-29)32-17-11-15-30(33(32)25(2)39)22-26-12-10-16-31(23-26)36(3)4/h7-16,18-21,23,34-35H,22H2,1-6H3. The molecule has 4 aromatic rings. The first-order valence-electron chi connectivity index (χ1n) is 13.3. The molecule has 0 heterocycles. The molecule has 0 bridgehead atoms. The summed E-state index contributed by atoms with van der Waals surface area (Å²) < 4.78 is 0. The first kappa shape index (κ1) is 28.0. The van der Waals surface area contributed by atoms with Gasteiger partial charge in [-0.25, -0.2) is 0 Å². The van der Waals surface area contributed by atoms with E-state index in [1.807, 2.05) is 68.7 Å². The number of hydrogen-bond acceptors (Lipinski definition) is 4. The molecule has 4 heteroatoms. The van der Waals surface area contributed by atoms with Gasteiger partial charge in [0.25, 0.3) is 0 Å². The molecule has 0 aromatic heterocycles. The first-order chi connectivity index (χ1) is 18.7. The Hall–Kier alpha value is -4.02. The summed E-state index contributed by atoms with van der Waals surface area (Å²) in [5, 5.41) is 0. The van der Waals surface area contributed by atoms with Gasteiger partial charge in [-0.15, -0.1) is 0 Å². The van der Waals surface area contributed by atoms with Crippen LogP contribution in [-0.4, -0.2) is 44.7 Å². The van der Waals surface area contributed by atoms with Crippen LogP contribution in [-0.2, 0) is 6.42 Å². The van der Waals surface area contributed by atoms with Crippen molar-refractivity contribution in [2.45, 2.75) is 32.2 Å². The third-order valence-electron chi connectivity index (χ3n) is 7.29. The van der Waals surface area contributed by atoms with Crippen molar-refractivity contribution in [2.75, 3.05) is 33.1 Å². The van der Waals surface area contributed by atoms with Gasteiger partial charge in [-0.05, 0) is 80.4 Å². The third kappa shape index (κ3) is 6.35. The minimum absolute atomic E-state index is 0.0246. The van der Waals surface area contributed by atoms with Crippen molar-refractivity contribution in [3.8, 4) is 0 Å². The first-order valence-corrected chi connectivity index (χ1v) is 13.3. The van der Waals surface area contributed by atoms with E-state index in [-0.39, 0.29) is 23.5 Å². The number of nitrogens with zero attached hydrogens (tertiary/aromatic N) is 2. The summed E-state index contributed by atoms with van der Waals surface area (Å²) in [6, 6.07) is 34.0. The highest BCUT2D eigenvalue weighted by Gasteiger charge is 2.32. The number of likely N-dealkylation sites (N-methyl/N-ethyl adjacent to an activating group) is 1. The van der Waals surface area contributed by atoms with Crippen molar-refractivity contribution in [1.82, 2.24) is 4.90 Å². The molecule has 0 saturated carbocycles. The number of carbonyl (C=O) groups is 2. The van der Waals surface area contributed by atoms with Gasteiger partial charge in [0.2, 0.25) is 0 Å². The second-order valence-corrected chi connectivity index (χ2v) is 10.6. The van der Waals surface area contributed by atoms with Gasteiger partial charge in [-0.2, -0.15) is 0 Å². The van der Waals surface area contributed by atoms with E-state index in [1.165, 1.54) is 0 Å². The molecule has 0 aliphatic rings. The van der Waals surface area contributed by atoms with Crippen LogP contribution in [0.4, 0.5) is 5.69 Å². The van der Waals surface area contributed by atoms with Crippen LogP contribution in [0.15, 0.2) is 91.0 Å². The minimum Gasteiger partial charge on any atom is -0.378 e. The average Bonchev–Trinajstić information content (AvgIpc) is 2.92. The lowest BCUT2D eigenvalue weighted by atomic mass is 9.77. The van der Waals surface area contributed by atoms with Gasteiger partial charge in [0.05, 0.1) is 0 Å². The Morgan fingerprint density at radius 3 is 2.05 bits per heavy atom. The zero-order chi connectivity index (χ0) is 28.1. The van der Waals surface area contributed by atoms with E-state index in [4.69, 9.17) is 0 Å². The van der Waals surface area contributed by atoms with Gasteiger partial charge in [-0.1, -0.05) is 78.9 Å². The monoisotopic (exact) mass is 517 g/mol. The molecule has 39 heavy (non-hydrogen) atoms. The van der Waals surface area contributed by atoms with Crippen LogP contribution in [0, 0.1) is 6.07 Å². The van der Waals surface area contributed by atoms with Gasteiger partial charge in [0.1, 0.15) is 0 Å². The number of anilines is 1. The lowest BCUT2D eigenvalue weighted by Gasteiger charge is -2.35. The van der Waals surface area contributed by atoms with Gasteiger partial charge in [-0.3, -0.25) is 9.59 Å². The molecule has 2 unspecified atom stereocenters. The zero-order valence-corrected chi connectivity index (χ0v) is 23.7. The van der Waals surface area contributed by atoms with Crippen molar-refractivity contribution in [2.24, 2.45) is 0 Å². The summed E-state index contributed by atoms with van der Waals surface area (Å²) in [4.78, 5) is 29.7. The Balaban J connectivity index is 1.92. The van der Waals surface area contributed by atoms with Crippen LogP contribution in [0.1, 0.15) is 74.3 Å². The van der Waals surface area contributed by atoms with E-state index in [1.54, 1.807) is 13.8 Å². The molecular formula is C35H37N2O2. The lowest BCUT2D eigenvalue weighted by molar-refractivity contribution is 0.100. The Morgan fingerprint density at radius 2 is 1.46 bits per heavy atom. The van der Waals surface area contributed by atoms with Crippen molar-refractivity contribution < 1.29 is 9.59 Å². The number of carbonyl (C=O) groups excluding carboxylic acids is 2. The molecule has 0 aliphatic heterocycles. The van der Waals surface area contributed by atoms with Gasteiger partial charge < -0.3 is 9.80 Å². The van der Waals surface area contributed by atoms with Crippen molar-refractivity contribution in [3.63, 3.8) is 0 Å². The summed E-state index contributed by atoms with van der Waals surface area (Å²) in [6.45, 7) is 3.23. The molecule has 4 rings (SSSR count). The highest BCUT2D eigenvalue weighted by atomic mass is 16.1. The molecule has 0 amide bonds. The maximum absolute atomic E-state index is 13.4. The molecule has 0 saturated heterocycles. The van der Waals surface area contributed by atoms with Crippen molar-refractivity contribution in [1.29, 1.82) is 0 Å². The van der Waals surface area contributed by atoms with E-state index in [0.29, 0.717) is 12.0 Å². The minimum atomic E-state index is -0.185. The van der Waals surface area contributed by atoms with Gasteiger partial charge in [0, 0.05) is 42.9 Å². The molecule has 199 valence electrons. The number of ketones is 2. The van der Waals surface area contributed by atoms with Crippen molar-refractivity contribution >= 4 is 17.3 Å². The second-order valence-electron chi connectivity index (χ2n) is 10.6. The largest absolute Gasteiger partial charge is 0.378 e. The molecule has 4 aromatic carbocycles. The molecule has 0 fully saturated rings. The van der Waals surface area contributed by atoms with Gasteiger partial charge in [0.15, 0.2) is 11.6 Å². The fraction of sp³-hybridized carbons (Fsp3) is 0.257. The van der Waals surface area contributed by atoms with E-state index in [2.05, 4.69) is 66.4 Å². The molecule has 0 aliphatic carbocycles. The quantitative estimate of drug-likeness (QED) is 0.213. The van der Waals surface area contributed by atoms with Crippen LogP contribution in [0.25, 0.3) is 0 Å². The molecule has 1 radical (unpaired) electrons. The normalized spacial score (nSPS) is 12.7. The Bertz CT molecular complexity index is 1440. The SMILES string of the molecule is CC(=O)c1ccc(C(c2[c]ccc(Cc3cccc(N(C)C)c3)c2C(C)=O)C(c2ccccc2)N(C)C)cc1. The van der Waals surface area contributed by atoms with Crippen LogP contribution >= 0.6 is 0 Å². The summed E-state index contributed by atoms with van der Waals surface area (Å²) in [7, 11) is 8.20. The fourth-order valence-electron chi connectivity index (χ4n) is 5.40. The maximum atomic E-state index is 13.4. The average molecular weight is 518 g/mol. The molecule has 0 N–H and O–H groups in total. The lowest BCUT2D eigenvalue weighted by Crippen LogP contribution is -2.28. The predicted octanol–water partition coefficient (Wildman–Crippen LogP) is 6.98. The van der Waals surface area contributed by atoms with Crippen LogP contribution < -0.4 is 4.90 Å². The Morgan fingerprint density at radius 1 is 0.769 bits per heavy atom. The molecular weight excluding hydrogens is 480 g/mol.